The van der Waals surface area contributed by atoms with Crippen molar-refractivity contribution in [3.63, 3.8) is 0 Å². The monoisotopic (exact) mass is 860 g/mol. The molecule has 6 heteroatoms. The number of aliphatic hydroxyl groups is 2. The lowest BCUT2D eigenvalue weighted by molar-refractivity contribution is -0.151. The number of carbonyl (C=O) groups excluding carboxylic acids is 2. The molecule has 6 nitrogen and oxygen atoms in total. The van der Waals surface area contributed by atoms with E-state index in [1.54, 1.807) is 0 Å². The van der Waals surface area contributed by atoms with E-state index < -0.39 is 18.2 Å². The van der Waals surface area contributed by atoms with Gasteiger partial charge in [0.2, 0.25) is 5.91 Å². The van der Waals surface area contributed by atoms with Crippen molar-refractivity contribution in [2.75, 3.05) is 6.61 Å². The highest BCUT2D eigenvalue weighted by atomic mass is 16.5. The van der Waals surface area contributed by atoms with Crippen molar-refractivity contribution in [3.05, 3.63) is 109 Å². The minimum absolute atomic E-state index is 0.0264. The van der Waals surface area contributed by atoms with Gasteiger partial charge in [0.1, 0.15) is 6.10 Å². The number of hydrogen-bond donors (Lipinski definition) is 3. The van der Waals surface area contributed by atoms with Crippen LogP contribution in [0.2, 0.25) is 0 Å². The van der Waals surface area contributed by atoms with Gasteiger partial charge in [-0.25, -0.2) is 0 Å². The van der Waals surface area contributed by atoms with Gasteiger partial charge in [-0.05, 0) is 64.2 Å². The van der Waals surface area contributed by atoms with Crippen LogP contribution < -0.4 is 5.32 Å². The minimum atomic E-state index is -0.813. The maximum absolute atomic E-state index is 13.2. The average Bonchev–Trinajstić information content (AvgIpc) is 3.26. The van der Waals surface area contributed by atoms with Gasteiger partial charge in [-0.3, -0.25) is 9.59 Å². The SMILES string of the molecule is CC/C=C/C=C/C=C\C=C/CCCCCC(=O)OC(CCCCC/C=C/C=C/C=C/C=C/C=C/CCC)CC(=O)NC(CO)C(O)CCCCCCCCCCCCCCCC. The van der Waals surface area contributed by atoms with Crippen LogP contribution in [0, 0.1) is 0 Å². The van der Waals surface area contributed by atoms with Crippen LogP contribution in [0.5, 0.6) is 0 Å². The van der Waals surface area contributed by atoms with Gasteiger partial charge in [0, 0.05) is 6.42 Å². The van der Waals surface area contributed by atoms with Gasteiger partial charge in [0.25, 0.3) is 0 Å². The number of unbranched alkanes of at least 4 members (excludes halogenated alkanes) is 20. The van der Waals surface area contributed by atoms with Crippen molar-refractivity contribution in [1.29, 1.82) is 0 Å². The third kappa shape index (κ3) is 43.2. The lowest BCUT2D eigenvalue weighted by Gasteiger charge is -2.24. The largest absolute Gasteiger partial charge is 0.462 e. The molecule has 3 atom stereocenters. The van der Waals surface area contributed by atoms with Crippen LogP contribution in [0.3, 0.4) is 0 Å². The Balaban J connectivity index is 4.77. The molecule has 0 saturated heterocycles. The number of ether oxygens (including phenoxy) is 1. The van der Waals surface area contributed by atoms with Crippen LogP contribution in [0.1, 0.15) is 207 Å². The van der Waals surface area contributed by atoms with Crippen molar-refractivity contribution in [2.45, 2.75) is 225 Å². The predicted molar refractivity (Wildman–Crippen MR) is 268 cm³/mol. The molecule has 1 amide bonds. The first kappa shape index (κ1) is 58.5. The smallest absolute Gasteiger partial charge is 0.306 e. The van der Waals surface area contributed by atoms with Crippen LogP contribution in [0.15, 0.2) is 109 Å². The molecule has 0 aliphatic carbocycles. The number of allylic oxidation sites excluding steroid dienone is 18. The summed E-state index contributed by atoms with van der Waals surface area (Å²) in [6, 6.07) is -0.731. The Morgan fingerprint density at radius 3 is 1.39 bits per heavy atom. The quantitative estimate of drug-likeness (QED) is 0.0322. The van der Waals surface area contributed by atoms with Gasteiger partial charge in [0.15, 0.2) is 0 Å². The summed E-state index contributed by atoms with van der Waals surface area (Å²) in [6.07, 6.45) is 65.7. The van der Waals surface area contributed by atoms with Gasteiger partial charge < -0.3 is 20.3 Å². The molecule has 0 fully saturated rings. The highest BCUT2D eigenvalue weighted by Crippen LogP contribution is 2.17. The molecule has 0 saturated carbocycles. The number of carbonyl (C=O) groups is 2. The summed E-state index contributed by atoms with van der Waals surface area (Å²) in [7, 11) is 0. The van der Waals surface area contributed by atoms with E-state index in [1.807, 2.05) is 66.8 Å². The zero-order valence-electron chi connectivity index (χ0n) is 40.0. The fourth-order valence-electron chi connectivity index (χ4n) is 7.00. The van der Waals surface area contributed by atoms with E-state index in [0.29, 0.717) is 19.3 Å². The first-order chi connectivity index (χ1) is 30.5. The van der Waals surface area contributed by atoms with Crippen molar-refractivity contribution < 1.29 is 24.5 Å². The molecule has 0 heterocycles. The summed E-state index contributed by atoms with van der Waals surface area (Å²) >= 11 is 0. The second-order valence-corrected chi connectivity index (χ2v) is 16.7. The molecule has 0 aliphatic rings. The van der Waals surface area contributed by atoms with Crippen LogP contribution in [-0.4, -0.2) is 46.9 Å². The Morgan fingerprint density at radius 1 is 0.484 bits per heavy atom. The van der Waals surface area contributed by atoms with Gasteiger partial charge in [-0.2, -0.15) is 0 Å². The van der Waals surface area contributed by atoms with E-state index in [-0.39, 0.29) is 24.9 Å². The molecule has 0 spiro atoms. The zero-order chi connectivity index (χ0) is 45.2. The van der Waals surface area contributed by atoms with Crippen molar-refractivity contribution >= 4 is 11.9 Å². The predicted octanol–water partition coefficient (Wildman–Crippen LogP) is 15.1. The lowest BCUT2D eigenvalue weighted by atomic mass is 10.0. The van der Waals surface area contributed by atoms with Gasteiger partial charge in [0.05, 0.1) is 25.2 Å². The molecular formula is C56H93NO5. The van der Waals surface area contributed by atoms with E-state index in [4.69, 9.17) is 4.74 Å². The second kappa shape index (κ2) is 48.6. The molecule has 0 radical (unpaired) electrons. The highest BCUT2D eigenvalue weighted by Gasteiger charge is 2.24. The Labute approximate surface area is 381 Å². The number of aliphatic hydroxyl groups excluding tert-OH is 2. The van der Waals surface area contributed by atoms with Gasteiger partial charge >= 0.3 is 5.97 Å². The molecular weight excluding hydrogens is 767 g/mol. The number of esters is 1. The van der Waals surface area contributed by atoms with Crippen LogP contribution >= 0.6 is 0 Å². The second-order valence-electron chi connectivity index (χ2n) is 16.7. The van der Waals surface area contributed by atoms with E-state index in [9.17, 15) is 19.8 Å². The fourth-order valence-corrected chi connectivity index (χ4v) is 7.00. The standard InChI is InChI=1S/C56H93NO5/c1-4-7-10-13-16-19-22-25-27-28-30-32-35-38-41-44-47-52(62-56(61)49-46-43-40-37-34-29-24-21-18-15-12-9-6-3)50-55(60)57-53(51-58)54(59)48-45-42-39-36-33-31-26-23-20-17-14-11-8-5-2/h9-10,12-13,15-16,18-19,21-22,24-25,27-30,32,34,52-54,58-59H,4-8,11,14,17,20,23,26,31,33,35-51H2,1-3H3,(H,57,60)/b12-9+,13-10+,18-15+,19-16+,24-21-,25-22+,28-27+,32-30+,34-29-. The summed E-state index contributed by atoms with van der Waals surface area (Å²) in [5, 5.41) is 23.8. The topological polar surface area (TPSA) is 95.9 Å². The van der Waals surface area contributed by atoms with Gasteiger partial charge in [-0.1, -0.05) is 239 Å². The van der Waals surface area contributed by atoms with Crippen LogP contribution in [0.4, 0.5) is 0 Å². The van der Waals surface area contributed by atoms with E-state index in [2.05, 4.69) is 68.6 Å². The van der Waals surface area contributed by atoms with Crippen molar-refractivity contribution in [1.82, 2.24) is 5.32 Å². The maximum atomic E-state index is 13.2. The Bertz CT molecular complexity index is 1280. The molecule has 0 aromatic carbocycles. The summed E-state index contributed by atoms with van der Waals surface area (Å²) in [4.78, 5) is 26.1. The Kier molecular flexibility index (Phi) is 45.8. The number of amides is 1. The Morgan fingerprint density at radius 2 is 0.903 bits per heavy atom. The first-order valence-corrected chi connectivity index (χ1v) is 25.2. The molecule has 352 valence electrons. The summed E-state index contributed by atoms with van der Waals surface area (Å²) < 4.78 is 5.89. The maximum Gasteiger partial charge on any atom is 0.306 e. The molecule has 0 aromatic rings. The fraction of sp³-hybridized carbons (Fsp3) is 0.643. The molecule has 3 unspecified atom stereocenters. The molecule has 0 bridgehead atoms. The third-order valence-electron chi connectivity index (χ3n) is 10.8. The lowest BCUT2D eigenvalue weighted by Crippen LogP contribution is -2.46. The number of rotatable bonds is 43. The highest BCUT2D eigenvalue weighted by molar-refractivity contribution is 5.77. The minimum Gasteiger partial charge on any atom is -0.462 e. The summed E-state index contributed by atoms with van der Waals surface area (Å²) in [5.74, 6) is -0.572. The molecule has 0 aromatic heterocycles. The molecule has 62 heavy (non-hydrogen) atoms. The van der Waals surface area contributed by atoms with Crippen LogP contribution in [0.25, 0.3) is 0 Å². The number of nitrogens with one attached hydrogen (secondary N) is 1. The molecule has 3 N–H and O–H groups in total. The van der Waals surface area contributed by atoms with Gasteiger partial charge in [-0.15, -0.1) is 0 Å². The third-order valence-corrected chi connectivity index (χ3v) is 10.8. The number of hydrogen-bond acceptors (Lipinski definition) is 5. The first-order valence-electron chi connectivity index (χ1n) is 25.2. The van der Waals surface area contributed by atoms with E-state index >= 15 is 0 Å². The van der Waals surface area contributed by atoms with Crippen LogP contribution in [-0.2, 0) is 14.3 Å². The molecule has 0 aliphatic heterocycles. The normalized spacial score (nSPS) is 14.2. The van der Waals surface area contributed by atoms with Crippen molar-refractivity contribution in [3.8, 4) is 0 Å². The summed E-state index contributed by atoms with van der Waals surface area (Å²) in [6.45, 7) is 6.22. The zero-order valence-corrected chi connectivity index (χ0v) is 40.0. The average molecular weight is 860 g/mol. The van der Waals surface area contributed by atoms with Crippen molar-refractivity contribution in [2.24, 2.45) is 0 Å². The molecule has 0 rings (SSSR count). The Hall–Kier alpha value is -3.48. The summed E-state index contributed by atoms with van der Waals surface area (Å²) in [5.41, 5.74) is 0. The van der Waals surface area contributed by atoms with E-state index in [0.717, 1.165) is 89.9 Å². The van der Waals surface area contributed by atoms with E-state index in [1.165, 1.54) is 70.6 Å².